The number of hydrogen-bond acceptors (Lipinski definition) is 1. The molecule has 1 N–H and O–H groups in total. The normalized spacial score (nSPS) is 10.0. The molecule has 0 heterocycles. The minimum absolute atomic E-state index is 0.118. The van der Waals surface area contributed by atoms with E-state index in [-0.39, 0.29) is 5.91 Å². The summed E-state index contributed by atoms with van der Waals surface area (Å²) in [7, 11) is 0. The van der Waals surface area contributed by atoms with Crippen molar-refractivity contribution in [2.24, 2.45) is 0 Å². The number of carbonyl (C=O) groups excluding carboxylic acids is 1. The van der Waals surface area contributed by atoms with Crippen LogP contribution in [0.1, 0.15) is 15.9 Å². The molecule has 2 rings (SSSR count). The smallest absolute Gasteiger partial charge is 0.255 e. The highest BCUT2D eigenvalue weighted by Crippen LogP contribution is 2.19. The number of halogens is 1. The maximum Gasteiger partial charge on any atom is 0.255 e. The first-order chi connectivity index (χ1) is 8.16. The molecule has 2 nitrogen and oxygen atoms in total. The van der Waals surface area contributed by atoms with Gasteiger partial charge < -0.3 is 5.32 Å². The fraction of sp³-hybridized carbons (Fsp3) is 0.0714. The van der Waals surface area contributed by atoms with Crippen molar-refractivity contribution >= 4 is 23.2 Å². The Bertz CT molecular complexity index is 537. The average molecular weight is 246 g/mol. The van der Waals surface area contributed by atoms with E-state index in [0.717, 1.165) is 11.3 Å². The number of hydrogen-bond donors (Lipinski definition) is 1. The second-order valence-electron chi connectivity index (χ2n) is 3.78. The molecule has 2 aromatic rings. The van der Waals surface area contributed by atoms with E-state index in [1.807, 2.05) is 31.2 Å². The van der Waals surface area contributed by atoms with E-state index in [4.69, 9.17) is 11.6 Å². The number of benzene rings is 2. The summed E-state index contributed by atoms with van der Waals surface area (Å²) < 4.78 is 0. The van der Waals surface area contributed by atoms with E-state index in [1.54, 1.807) is 24.3 Å². The Hall–Kier alpha value is -1.80. The maximum atomic E-state index is 11.9. The first kappa shape index (κ1) is 11.7. The molecule has 0 aliphatic heterocycles. The summed E-state index contributed by atoms with van der Waals surface area (Å²) in [5, 5.41) is 3.53. The third-order valence-electron chi connectivity index (χ3n) is 2.45. The van der Waals surface area contributed by atoms with Crippen LogP contribution in [0.2, 0.25) is 5.02 Å². The molecule has 17 heavy (non-hydrogen) atoms. The summed E-state index contributed by atoms with van der Waals surface area (Å²) in [6.07, 6.45) is 0. The summed E-state index contributed by atoms with van der Waals surface area (Å²) in [5.74, 6) is -0.118. The van der Waals surface area contributed by atoms with Gasteiger partial charge in [0.15, 0.2) is 0 Å². The summed E-state index contributed by atoms with van der Waals surface area (Å²) >= 11 is 5.92. The van der Waals surface area contributed by atoms with Crippen molar-refractivity contribution in [2.45, 2.75) is 6.92 Å². The predicted octanol–water partition coefficient (Wildman–Crippen LogP) is 3.90. The quantitative estimate of drug-likeness (QED) is 0.854. The van der Waals surface area contributed by atoms with Crippen LogP contribution in [0.15, 0.2) is 48.5 Å². The van der Waals surface area contributed by atoms with Crippen LogP contribution in [-0.4, -0.2) is 5.91 Å². The molecule has 0 radical (unpaired) electrons. The van der Waals surface area contributed by atoms with Gasteiger partial charge in [-0.25, -0.2) is 0 Å². The molecule has 0 atom stereocenters. The zero-order valence-electron chi connectivity index (χ0n) is 9.41. The second-order valence-corrected chi connectivity index (χ2v) is 4.19. The van der Waals surface area contributed by atoms with Crippen molar-refractivity contribution in [3.63, 3.8) is 0 Å². The molecule has 2 aromatic carbocycles. The van der Waals surface area contributed by atoms with Crippen molar-refractivity contribution in [1.82, 2.24) is 0 Å². The highest BCUT2D eigenvalue weighted by atomic mass is 35.5. The fourth-order valence-corrected chi connectivity index (χ4v) is 1.63. The zero-order valence-corrected chi connectivity index (χ0v) is 10.2. The van der Waals surface area contributed by atoms with E-state index in [1.165, 1.54) is 0 Å². The molecule has 0 fully saturated rings. The van der Waals surface area contributed by atoms with Gasteiger partial charge in [0.1, 0.15) is 0 Å². The Morgan fingerprint density at radius 2 is 1.82 bits per heavy atom. The van der Waals surface area contributed by atoms with E-state index in [2.05, 4.69) is 5.32 Å². The fourth-order valence-electron chi connectivity index (χ4n) is 1.52. The van der Waals surface area contributed by atoms with Gasteiger partial charge in [0.25, 0.3) is 5.91 Å². The zero-order chi connectivity index (χ0) is 12.3. The molecule has 86 valence electrons. The summed E-state index contributed by atoms with van der Waals surface area (Å²) in [6.45, 7) is 1.90. The van der Waals surface area contributed by atoms with Crippen molar-refractivity contribution in [2.75, 3.05) is 5.32 Å². The molecule has 0 unspecified atom stereocenters. The molecule has 0 saturated heterocycles. The van der Waals surface area contributed by atoms with Crippen molar-refractivity contribution in [1.29, 1.82) is 0 Å². The molecular formula is C14H12ClNO. The van der Waals surface area contributed by atoms with Gasteiger partial charge in [-0.2, -0.15) is 0 Å². The van der Waals surface area contributed by atoms with Crippen LogP contribution < -0.4 is 5.32 Å². The van der Waals surface area contributed by atoms with E-state index < -0.39 is 0 Å². The van der Waals surface area contributed by atoms with Crippen LogP contribution in [0.4, 0.5) is 5.69 Å². The molecular weight excluding hydrogens is 234 g/mol. The largest absolute Gasteiger partial charge is 0.322 e. The molecule has 3 heteroatoms. The highest BCUT2D eigenvalue weighted by Gasteiger charge is 2.05. The van der Waals surface area contributed by atoms with Crippen molar-refractivity contribution < 1.29 is 4.79 Å². The van der Waals surface area contributed by atoms with Crippen LogP contribution in [0, 0.1) is 6.92 Å². The Labute approximate surface area is 105 Å². The van der Waals surface area contributed by atoms with Gasteiger partial charge in [-0.05, 0) is 42.8 Å². The average Bonchev–Trinajstić information content (AvgIpc) is 2.35. The SMILES string of the molecule is Cc1cc(NC(=O)c2ccccc2)ccc1Cl. The highest BCUT2D eigenvalue weighted by molar-refractivity contribution is 6.31. The lowest BCUT2D eigenvalue weighted by molar-refractivity contribution is 0.102. The van der Waals surface area contributed by atoms with Gasteiger partial charge in [-0.3, -0.25) is 4.79 Å². The van der Waals surface area contributed by atoms with E-state index in [9.17, 15) is 4.79 Å². The Morgan fingerprint density at radius 1 is 1.12 bits per heavy atom. The molecule has 0 aromatic heterocycles. The molecule has 1 amide bonds. The first-order valence-electron chi connectivity index (χ1n) is 5.29. The minimum Gasteiger partial charge on any atom is -0.322 e. The first-order valence-corrected chi connectivity index (χ1v) is 5.67. The van der Waals surface area contributed by atoms with Crippen molar-refractivity contribution in [3.05, 3.63) is 64.7 Å². The van der Waals surface area contributed by atoms with E-state index in [0.29, 0.717) is 10.6 Å². The second kappa shape index (κ2) is 5.02. The maximum absolute atomic E-state index is 11.9. The summed E-state index contributed by atoms with van der Waals surface area (Å²) in [4.78, 5) is 11.9. The number of aryl methyl sites for hydroxylation is 1. The predicted molar refractivity (Wildman–Crippen MR) is 70.6 cm³/mol. The van der Waals surface area contributed by atoms with Crippen LogP contribution >= 0.6 is 11.6 Å². The van der Waals surface area contributed by atoms with Crippen LogP contribution in [0.25, 0.3) is 0 Å². The third-order valence-corrected chi connectivity index (χ3v) is 2.88. The standard InChI is InChI=1S/C14H12ClNO/c1-10-9-12(7-8-13(10)15)16-14(17)11-5-3-2-4-6-11/h2-9H,1H3,(H,16,17). The topological polar surface area (TPSA) is 29.1 Å². The summed E-state index contributed by atoms with van der Waals surface area (Å²) in [5.41, 5.74) is 2.33. The molecule has 0 spiro atoms. The molecule has 0 aliphatic carbocycles. The molecule has 0 bridgehead atoms. The Balaban J connectivity index is 2.16. The van der Waals surface area contributed by atoms with Gasteiger partial charge in [-0.15, -0.1) is 0 Å². The molecule has 0 saturated carbocycles. The van der Waals surface area contributed by atoms with Gasteiger partial charge in [0, 0.05) is 16.3 Å². The lowest BCUT2D eigenvalue weighted by Gasteiger charge is -2.06. The monoisotopic (exact) mass is 245 g/mol. The van der Waals surface area contributed by atoms with Crippen LogP contribution in [0.3, 0.4) is 0 Å². The number of amides is 1. The van der Waals surface area contributed by atoms with Crippen LogP contribution in [-0.2, 0) is 0 Å². The van der Waals surface area contributed by atoms with Gasteiger partial charge in [0.2, 0.25) is 0 Å². The minimum atomic E-state index is -0.118. The summed E-state index contributed by atoms with van der Waals surface area (Å²) in [6, 6.07) is 14.5. The third kappa shape index (κ3) is 2.86. The van der Waals surface area contributed by atoms with Crippen LogP contribution in [0.5, 0.6) is 0 Å². The number of nitrogens with one attached hydrogen (secondary N) is 1. The Morgan fingerprint density at radius 3 is 2.47 bits per heavy atom. The Kier molecular flexibility index (Phi) is 3.45. The van der Waals surface area contributed by atoms with Gasteiger partial charge in [0.05, 0.1) is 0 Å². The van der Waals surface area contributed by atoms with E-state index >= 15 is 0 Å². The van der Waals surface area contributed by atoms with Gasteiger partial charge >= 0.3 is 0 Å². The van der Waals surface area contributed by atoms with Crippen molar-refractivity contribution in [3.8, 4) is 0 Å². The number of rotatable bonds is 2. The lowest BCUT2D eigenvalue weighted by atomic mass is 10.2. The number of carbonyl (C=O) groups is 1. The lowest BCUT2D eigenvalue weighted by Crippen LogP contribution is -2.11. The number of anilines is 1. The van der Waals surface area contributed by atoms with Gasteiger partial charge in [-0.1, -0.05) is 29.8 Å². The molecule has 0 aliphatic rings.